The Morgan fingerprint density at radius 1 is 1.18 bits per heavy atom. The van der Waals surface area contributed by atoms with E-state index in [1.165, 1.54) is 32.1 Å². The topological polar surface area (TPSA) is 35.6 Å². The van der Waals surface area contributed by atoms with Crippen molar-refractivity contribution in [2.24, 2.45) is 0 Å². The highest BCUT2D eigenvalue weighted by atomic mass is 16.2. The molecule has 0 aliphatic carbocycles. The first-order valence-corrected chi connectivity index (χ1v) is 6.97. The van der Waals surface area contributed by atoms with Gasteiger partial charge in [0, 0.05) is 25.7 Å². The van der Waals surface area contributed by atoms with E-state index in [9.17, 15) is 4.79 Å². The normalized spacial score (nSPS) is 26.4. The summed E-state index contributed by atoms with van der Waals surface area (Å²) in [5.74, 6) is 0.340. The SMILES string of the molecule is CNCC1CCCN1CC(=O)N1CCCCC1. The van der Waals surface area contributed by atoms with Gasteiger partial charge in [-0.3, -0.25) is 9.69 Å². The molecule has 2 aliphatic rings. The summed E-state index contributed by atoms with van der Waals surface area (Å²) in [6.07, 6.45) is 6.13. The second-order valence-corrected chi connectivity index (χ2v) is 5.27. The molecule has 17 heavy (non-hydrogen) atoms. The molecule has 2 saturated heterocycles. The van der Waals surface area contributed by atoms with Crippen molar-refractivity contribution in [2.45, 2.75) is 38.1 Å². The van der Waals surface area contributed by atoms with E-state index < -0.39 is 0 Å². The lowest BCUT2D eigenvalue weighted by Gasteiger charge is -2.30. The predicted octanol–water partition coefficient (Wildman–Crippen LogP) is 0.683. The van der Waals surface area contributed by atoms with E-state index in [-0.39, 0.29) is 0 Å². The number of nitrogens with one attached hydrogen (secondary N) is 1. The van der Waals surface area contributed by atoms with Gasteiger partial charge in [0.25, 0.3) is 0 Å². The molecule has 1 amide bonds. The van der Waals surface area contributed by atoms with E-state index in [1.807, 2.05) is 7.05 Å². The maximum Gasteiger partial charge on any atom is 0.236 e. The van der Waals surface area contributed by atoms with Crippen LogP contribution in [0.4, 0.5) is 0 Å². The molecule has 0 bridgehead atoms. The summed E-state index contributed by atoms with van der Waals surface area (Å²) in [5.41, 5.74) is 0. The zero-order valence-electron chi connectivity index (χ0n) is 11.0. The Morgan fingerprint density at radius 3 is 2.65 bits per heavy atom. The fourth-order valence-electron chi connectivity index (χ4n) is 2.99. The van der Waals surface area contributed by atoms with Gasteiger partial charge in [0.15, 0.2) is 0 Å². The third-order valence-corrected chi connectivity index (χ3v) is 3.99. The minimum Gasteiger partial charge on any atom is -0.342 e. The van der Waals surface area contributed by atoms with Crippen LogP contribution in [0.2, 0.25) is 0 Å². The van der Waals surface area contributed by atoms with Crippen molar-refractivity contribution in [2.75, 3.05) is 39.8 Å². The molecule has 0 aromatic carbocycles. The number of carbonyl (C=O) groups excluding carboxylic acids is 1. The Bertz CT molecular complexity index is 251. The van der Waals surface area contributed by atoms with Crippen LogP contribution in [0.1, 0.15) is 32.1 Å². The second-order valence-electron chi connectivity index (χ2n) is 5.27. The lowest BCUT2D eigenvalue weighted by molar-refractivity contribution is -0.133. The molecule has 1 N–H and O–H groups in total. The molecule has 1 atom stereocenters. The fraction of sp³-hybridized carbons (Fsp3) is 0.923. The summed E-state index contributed by atoms with van der Waals surface area (Å²) in [6, 6.07) is 0.564. The molecule has 2 fully saturated rings. The molecule has 2 rings (SSSR count). The van der Waals surface area contributed by atoms with Crippen LogP contribution in [0.25, 0.3) is 0 Å². The van der Waals surface area contributed by atoms with Gasteiger partial charge in [0.05, 0.1) is 6.54 Å². The van der Waals surface area contributed by atoms with E-state index in [1.54, 1.807) is 0 Å². The van der Waals surface area contributed by atoms with Crippen molar-refractivity contribution in [1.29, 1.82) is 0 Å². The molecule has 0 saturated carbocycles. The lowest BCUT2D eigenvalue weighted by atomic mass is 10.1. The number of hydrogen-bond donors (Lipinski definition) is 1. The first-order valence-electron chi connectivity index (χ1n) is 6.97. The maximum absolute atomic E-state index is 12.2. The molecule has 4 heteroatoms. The van der Waals surface area contributed by atoms with E-state index in [0.29, 0.717) is 18.5 Å². The molecule has 0 aromatic heterocycles. The van der Waals surface area contributed by atoms with Gasteiger partial charge in [-0.05, 0) is 45.7 Å². The average molecular weight is 239 g/mol. The molecule has 98 valence electrons. The first-order chi connectivity index (χ1) is 8.31. The highest BCUT2D eigenvalue weighted by Gasteiger charge is 2.27. The predicted molar refractivity (Wildman–Crippen MR) is 69.0 cm³/mol. The minimum absolute atomic E-state index is 0.340. The number of likely N-dealkylation sites (N-methyl/N-ethyl adjacent to an activating group) is 1. The van der Waals surface area contributed by atoms with Crippen molar-refractivity contribution in [1.82, 2.24) is 15.1 Å². The van der Waals surface area contributed by atoms with Crippen LogP contribution in [0.15, 0.2) is 0 Å². The summed E-state index contributed by atoms with van der Waals surface area (Å²) in [5, 5.41) is 3.23. The highest BCUT2D eigenvalue weighted by molar-refractivity contribution is 5.78. The summed E-state index contributed by atoms with van der Waals surface area (Å²) in [6.45, 7) is 4.68. The van der Waals surface area contributed by atoms with Crippen LogP contribution in [0.3, 0.4) is 0 Å². The summed E-state index contributed by atoms with van der Waals surface area (Å²) < 4.78 is 0. The van der Waals surface area contributed by atoms with Gasteiger partial charge in [0.2, 0.25) is 5.91 Å². The molecule has 4 nitrogen and oxygen atoms in total. The number of nitrogens with zero attached hydrogens (tertiary/aromatic N) is 2. The summed E-state index contributed by atoms with van der Waals surface area (Å²) >= 11 is 0. The van der Waals surface area contributed by atoms with E-state index in [0.717, 1.165) is 26.2 Å². The third kappa shape index (κ3) is 3.42. The number of likely N-dealkylation sites (tertiary alicyclic amines) is 2. The van der Waals surface area contributed by atoms with Gasteiger partial charge in [-0.2, -0.15) is 0 Å². The zero-order valence-corrected chi connectivity index (χ0v) is 11.0. The van der Waals surface area contributed by atoms with Crippen LogP contribution in [0, 0.1) is 0 Å². The number of rotatable bonds is 4. The smallest absolute Gasteiger partial charge is 0.236 e. The molecular weight excluding hydrogens is 214 g/mol. The fourth-order valence-corrected chi connectivity index (χ4v) is 2.99. The Balaban J connectivity index is 1.80. The molecule has 2 aliphatic heterocycles. The zero-order chi connectivity index (χ0) is 12.1. The largest absolute Gasteiger partial charge is 0.342 e. The van der Waals surface area contributed by atoms with Crippen LogP contribution < -0.4 is 5.32 Å². The molecule has 0 aromatic rings. The van der Waals surface area contributed by atoms with Gasteiger partial charge >= 0.3 is 0 Å². The second kappa shape index (κ2) is 6.36. The first kappa shape index (κ1) is 12.8. The highest BCUT2D eigenvalue weighted by Crippen LogP contribution is 2.17. The van der Waals surface area contributed by atoms with Crippen LogP contribution >= 0.6 is 0 Å². The van der Waals surface area contributed by atoms with Crippen molar-refractivity contribution in [3.63, 3.8) is 0 Å². The van der Waals surface area contributed by atoms with Crippen LogP contribution in [0.5, 0.6) is 0 Å². The Hall–Kier alpha value is -0.610. The number of amides is 1. The maximum atomic E-state index is 12.2. The van der Waals surface area contributed by atoms with Gasteiger partial charge < -0.3 is 10.2 Å². The number of hydrogen-bond acceptors (Lipinski definition) is 3. The van der Waals surface area contributed by atoms with E-state index in [4.69, 9.17) is 0 Å². The lowest BCUT2D eigenvalue weighted by Crippen LogP contribution is -2.46. The Morgan fingerprint density at radius 2 is 1.94 bits per heavy atom. The summed E-state index contributed by atoms with van der Waals surface area (Å²) in [7, 11) is 1.99. The standard InChI is InChI=1S/C13H25N3O/c1-14-10-12-6-5-9-16(12)11-13(17)15-7-3-2-4-8-15/h12,14H,2-11H2,1H3. The van der Waals surface area contributed by atoms with E-state index >= 15 is 0 Å². The molecule has 1 unspecified atom stereocenters. The van der Waals surface area contributed by atoms with Gasteiger partial charge in [-0.1, -0.05) is 0 Å². The third-order valence-electron chi connectivity index (χ3n) is 3.99. The van der Waals surface area contributed by atoms with Gasteiger partial charge in [-0.25, -0.2) is 0 Å². The Labute approximate surface area is 104 Å². The average Bonchev–Trinajstić information content (AvgIpc) is 2.78. The van der Waals surface area contributed by atoms with Crippen LogP contribution in [-0.2, 0) is 4.79 Å². The van der Waals surface area contributed by atoms with Crippen LogP contribution in [-0.4, -0.2) is 61.5 Å². The molecule has 0 radical (unpaired) electrons. The summed E-state index contributed by atoms with van der Waals surface area (Å²) in [4.78, 5) is 16.6. The Kier molecular flexibility index (Phi) is 4.80. The van der Waals surface area contributed by atoms with Crippen molar-refractivity contribution in [3.8, 4) is 0 Å². The van der Waals surface area contributed by atoms with Crippen molar-refractivity contribution in [3.05, 3.63) is 0 Å². The number of carbonyl (C=O) groups is 1. The van der Waals surface area contributed by atoms with E-state index in [2.05, 4.69) is 15.1 Å². The number of piperidine rings is 1. The van der Waals surface area contributed by atoms with Gasteiger partial charge in [0.1, 0.15) is 0 Å². The molecular formula is C13H25N3O. The monoisotopic (exact) mass is 239 g/mol. The van der Waals surface area contributed by atoms with Crippen molar-refractivity contribution < 1.29 is 4.79 Å². The van der Waals surface area contributed by atoms with Gasteiger partial charge in [-0.15, -0.1) is 0 Å². The molecule has 2 heterocycles. The molecule has 0 spiro atoms. The quantitative estimate of drug-likeness (QED) is 0.784. The van der Waals surface area contributed by atoms with Crippen molar-refractivity contribution >= 4 is 5.91 Å². The minimum atomic E-state index is 0.340.